The molecular weight excluding hydrogens is 334 g/mol. The normalized spacial score (nSPS) is 15.2. The van der Waals surface area contributed by atoms with E-state index in [0.29, 0.717) is 44.8 Å². The predicted molar refractivity (Wildman–Crippen MR) is 97.5 cm³/mol. The summed E-state index contributed by atoms with van der Waals surface area (Å²) in [6.07, 6.45) is 0.791. The Balaban J connectivity index is 1.70. The van der Waals surface area contributed by atoms with Gasteiger partial charge >= 0.3 is 6.09 Å². The zero-order chi connectivity index (χ0) is 18.7. The van der Waals surface area contributed by atoms with Gasteiger partial charge in [0.05, 0.1) is 6.54 Å². The van der Waals surface area contributed by atoms with Crippen molar-refractivity contribution in [1.29, 1.82) is 0 Å². The molecule has 0 radical (unpaired) electrons. The van der Waals surface area contributed by atoms with Crippen LogP contribution in [0.25, 0.3) is 0 Å². The number of nitrogens with zero attached hydrogens (tertiary/aromatic N) is 3. The lowest BCUT2D eigenvalue weighted by Gasteiger charge is -2.33. The van der Waals surface area contributed by atoms with E-state index in [-0.39, 0.29) is 5.75 Å². The first-order chi connectivity index (χ1) is 12.4. The molecule has 0 unspecified atom stereocenters. The summed E-state index contributed by atoms with van der Waals surface area (Å²) in [7, 11) is 0. The minimum atomic E-state index is -0.911. The Morgan fingerprint density at radius 2 is 1.85 bits per heavy atom. The van der Waals surface area contributed by atoms with Gasteiger partial charge in [-0.15, -0.1) is 0 Å². The number of hydrogen-bond donors (Lipinski definition) is 2. The van der Waals surface area contributed by atoms with Gasteiger partial charge in [-0.2, -0.15) is 0 Å². The lowest BCUT2D eigenvalue weighted by atomic mass is 10.1. The van der Waals surface area contributed by atoms with Crippen LogP contribution in [0.2, 0.25) is 0 Å². The quantitative estimate of drug-likeness (QED) is 0.870. The van der Waals surface area contributed by atoms with Crippen LogP contribution in [0, 0.1) is 6.92 Å². The fourth-order valence-electron chi connectivity index (χ4n) is 3.20. The minimum Gasteiger partial charge on any atom is -0.503 e. The molecule has 0 spiro atoms. The van der Waals surface area contributed by atoms with Gasteiger partial charge in [0.15, 0.2) is 5.75 Å². The molecule has 1 fully saturated rings. The van der Waals surface area contributed by atoms with Gasteiger partial charge in [0.25, 0.3) is 5.56 Å². The number of rotatable bonds is 4. The standard InChI is InChI=1S/C19H23N3O4/c1-14-3-2-4-15(11-14)12-22-6-5-16(17(23)18(22)24)13-20-7-9-21(10-8-20)19(25)26/h2-6,11,23H,7-10,12-13H2,1H3,(H,25,26). The maximum absolute atomic E-state index is 12.5. The van der Waals surface area contributed by atoms with Crippen molar-refractivity contribution in [3.8, 4) is 5.75 Å². The molecule has 2 heterocycles. The van der Waals surface area contributed by atoms with Crippen molar-refractivity contribution in [1.82, 2.24) is 14.4 Å². The first-order valence-electron chi connectivity index (χ1n) is 8.61. The number of aromatic nitrogens is 1. The summed E-state index contributed by atoms with van der Waals surface area (Å²) in [5, 5.41) is 19.3. The molecule has 1 aromatic carbocycles. The van der Waals surface area contributed by atoms with E-state index >= 15 is 0 Å². The Morgan fingerprint density at radius 3 is 2.50 bits per heavy atom. The van der Waals surface area contributed by atoms with Gasteiger partial charge in [-0.05, 0) is 18.6 Å². The number of aromatic hydroxyl groups is 1. The Bertz CT molecular complexity index is 854. The lowest BCUT2D eigenvalue weighted by molar-refractivity contribution is 0.102. The molecule has 1 saturated heterocycles. The SMILES string of the molecule is Cc1cccc(Cn2ccc(CN3CCN(C(=O)O)CC3)c(O)c2=O)c1. The minimum absolute atomic E-state index is 0.235. The molecule has 138 valence electrons. The summed E-state index contributed by atoms with van der Waals surface area (Å²) in [5.41, 5.74) is 2.29. The molecule has 1 amide bonds. The number of benzene rings is 1. The smallest absolute Gasteiger partial charge is 0.407 e. The highest BCUT2D eigenvalue weighted by molar-refractivity contribution is 5.65. The summed E-state index contributed by atoms with van der Waals surface area (Å²) in [4.78, 5) is 26.8. The number of hydrogen-bond acceptors (Lipinski definition) is 4. The van der Waals surface area contributed by atoms with Crippen LogP contribution in [0.3, 0.4) is 0 Å². The molecule has 26 heavy (non-hydrogen) atoms. The summed E-state index contributed by atoms with van der Waals surface area (Å²) >= 11 is 0. The third-order valence-electron chi connectivity index (χ3n) is 4.70. The molecule has 7 heteroatoms. The van der Waals surface area contributed by atoms with E-state index in [2.05, 4.69) is 0 Å². The van der Waals surface area contributed by atoms with E-state index in [1.165, 1.54) is 9.47 Å². The first-order valence-corrected chi connectivity index (χ1v) is 8.61. The highest BCUT2D eigenvalue weighted by Crippen LogP contribution is 2.16. The number of amides is 1. The predicted octanol–water partition coefficient (Wildman–Crippen LogP) is 1.71. The van der Waals surface area contributed by atoms with Crippen LogP contribution in [0.5, 0.6) is 5.75 Å². The molecule has 2 aromatic rings. The van der Waals surface area contributed by atoms with Crippen molar-refractivity contribution in [2.45, 2.75) is 20.0 Å². The molecule has 0 atom stereocenters. The van der Waals surface area contributed by atoms with E-state index in [9.17, 15) is 14.7 Å². The molecule has 0 aliphatic carbocycles. The van der Waals surface area contributed by atoms with E-state index in [0.717, 1.165) is 11.1 Å². The van der Waals surface area contributed by atoms with Crippen molar-refractivity contribution < 1.29 is 15.0 Å². The van der Waals surface area contributed by atoms with Gasteiger partial charge in [0.2, 0.25) is 0 Å². The van der Waals surface area contributed by atoms with Crippen LogP contribution in [0.4, 0.5) is 4.79 Å². The van der Waals surface area contributed by atoms with Crippen molar-refractivity contribution in [3.05, 3.63) is 63.6 Å². The molecule has 1 aliphatic heterocycles. The largest absolute Gasteiger partial charge is 0.503 e. The topological polar surface area (TPSA) is 86.0 Å². The number of aryl methyl sites for hydroxylation is 1. The third-order valence-corrected chi connectivity index (χ3v) is 4.70. The van der Waals surface area contributed by atoms with Crippen molar-refractivity contribution >= 4 is 6.09 Å². The zero-order valence-electron chi connectivity index (χ0n) is 14.8. The Morgan fingerprint density at radius 1 is 1.12 bits per heavy atom. The highest BCUT2D eigenvalue weighted by atomic mass is 16.4. The molecule has 1 aliphatic rings. The molecular formula is C19H23N3O4. The second-order valence-corrected chi connectivity index (χ2v) is 6.66. The molecule has 3 rings (SSSR count). The average Bonchev–Trinajstić information content (AvgIpc) is 2.62. The molecule has 7 nitrogen and oxygen atoms in total. The molecule has 2 N–H and O–H groups in total. The van der Waals surface area contributed by atoms with Crippen LogP contribution < -0.4 is 5.56 Å². The summed E-state index contributed by atoms with van der Waals surface area (Å²) in [6, 6.07) is 9.67. The van der Waals surface area contributed by atoms with Crippen LogP contribution in [0.1, 0.15) is 16.7 Å². The maximum atomic E-state index is 12.5. The van der Waals surface area contributed by atoms with Crippen LogP contribution in [-0.2, 0) is 13.1 Å². The van der Waals surface area contributed by atoms with Gasteiger partial charge < -0.3 is 19.7 Å². The molecule has 0 bridgehead atoms. The van der Waals surface area contributed by atoms with E-state index in [1.807, 2.05) is 36.1 Å². The van der Waals surface area contributed by atoms with Gasteiger partial charge in [-0.1, -0.05) is 29.8 Å². The number of carbonyl (C=O) groups is 1. The zero-order valence-corrected chi connectivity index (χ0v) is 14.8. The maximum Gasteiger partial charge on any atom is 0.407 e. The average molecular weight is 357 g/mol. The summed E-state index contributed by atoms with van der Waals surface area (Å²) < 4.78 is 1.50. The lowest BCUT2D eigenvalue weighted by Crippen LogP contribution is -2.47. The second kappa shape index (κ2) is 7.61. The van der Waals surface area contributed by atoms with Gasteiger partial charge in [0.1, 0.15) is 0 Å². The third kappa shape index (κ3) is 4.05. The van der Waals surface area contributed by atoms with Crippen molar-refractivity contribution in [2.75, 3.05) is 26.2 Å². The number of pyridine rings is 1. The Kier molecular flexibility index (Phi) is 5.27. The Labute approximate surface area is 151 Å². The Hall–Kier alpha value is -2.80. The van der Waals surface area contributed by atoms with Gasteiger partial charge in [-0.3, -0.25) is 9.69 Å². The molecule has 0 saturated carbocycles. The fourth-order valence-corrected chi connectivity index (χ4v) is 3.20. The van der Waals surface area contributed by atoms with Crippen LogP contribution in [-0.4, -0.2) is 56.9 Å². The molecule has 1 aromatic heterocycles. The van der Waals surface area contributed by atoms with Crippen LogP contribution >= 0.6 is 0 Å². The highest BCUT2D eigenvalue weighted by Gasteiger charge is 2.21. The van der Waals surface area contributed by atoms with Crippen molar-refractivity contribution in [2.24, 2.45) is 0 Å². The van der Waals surface area contributed by atoms with Crippen molar-refractivity contribution in [3.63, 3.8) is 0 Å². The number of piperazine rings is 1. The number of carboxylic acid groups (broad SMARTS) is 1. The van der Waals surface area contributed by atoms with E-state index in [1.54, 1.807) is 12.3 Å². The van der Waals surface area contributed by atoms with E-state index < -0.39 is 11.7 Å². The second-order valence-electron chi connectivity index (χ2n) is 6.66. The van der Waals surface area contributed by atoms with Crippen LogP contribution in [0.15, 0.2) is 41.3 Å². The first kappa shape index (κ1) is 18.0. The fraction of sp³-hybridized carbons (Fsp3) is 0.368. The van der Waals surface area contributed by atoms with E-state index in [4.69, 9.17) is 5.11 Å². The summed E-state index contributed by atoms with van der Waals surface area (Å²) in [6.45, 7) is 4.86. The summed E-state index contributed by atoms with van der Waals surface area (Å²) in [5.74, 6) is -0.235. The van der Waals surface area contributed by atoms with Gasteiger partial charge in [0, 0.05) is 44.5 Å². The monoisotopic (exact) mass is 357 g/mol. The van der Waals surface area contributed by atoms with Gasteiger partial charge in [-0.25, -0.2) is 4.79 Å².